The van der Waals surface area contributed by atoms with E-state index in [0.29, 0.717) is 12.6 Å². The number of rotatable bonds is 7. The summed E-state index contributed by atoms with van der Waals surface area (Å²) in [5.74, 6) is 1.59. The van der Waals surface area contributed by atoms with Gasteiger partial charge in [-0.2, -0.15) is 0 Å². The summed E-state index contributed by atoms with van der Waals surface area (Å²) in [6, 6.07) is 4.00. The fourth-order valence-corrected chi connectivity index (χ4v) is 2.55. The summed E-state index contributed by atoms with van der Waals surface area (Å²) in [6.45, 7) is 6.64. The lowest BCUT2D eigenvalue weighted by Gasteiger charge is -2.13. The highest BCUT2D eigenvalue weighted by Crippen LogP contribution is 2.23. The van der Waals surface area contributed by atoms with Crippen LogP contribution in [0.3, 0.4) is 0 Å². The Hall–Kier alpha value is -1.78. The van der Waals surface area contributed by atoms with Crippen LogP contribution in [0.25, 0.3) is 0 Å². The Kier molecular flexibility index (Phi) is 7.00. The van der Waals surface area contributed by atoms with Gasteiger partial charge >= 0.3 is 0 Å². The fourth-order valence-electron chi connectivity index (χ4n) is 2.55. The lowest BCUT2D eigenvalue weighted by atomic mass is 10.2. The summed E-state index contributed by atoms with van der Waals surface area (Å²) < 4.78 is 5.94. The van der Waals surface area contributed by atoms with Gasteiger partial charge in [-0.15, -0.1) is 0 Å². The first-order valence-electron chi connectivity index (χ1n) is 8.45. The van der Waals surface area contributed by atoms with E-state index in [0.717, 1.165) is 49.8 Å². The molecule has 0 saturated heterocycles. The SMILES string of the molecule is CCCNC(=NCc1ccnc(OC2CCCC2)c1)NCC. The van der Waals surface area contributed by atoms with E-state index in [1.165, 1.54) is 12.8 Å². The lowest BCUT2D eigenvalue weighted by Crippen LogP contribution is -2.37. The van der Waals surface area contributed by atoms with Crippen LogP contribution < -0.4 is 15.4 Å². The molecular weight excluding hydrogens is 276 g/mol. The first-order chi connectivity index (χ1) is 10.8. The summed E-state index contributed by atoms with van der Waals surface area (Å²) >= 11 is 0. The predicted molar refractivity (Wildman–Crippen MR) is 90.2 cm³/mol. The molecule has 1 fully saturated rings. The molecule has 5 heteroatoms. The van der Waals surface area contributed by atoms with E-state index < -0.39 is 0 Å². The number of aliphatic imine (C=N–C) groups is 1. The second-order valence-electron chi connectivity index (χ2n) is 5.65. The van der Waals surface area contributed by atoms with Crippen molar-refractivity contribution in [3.63, 3.8) is 0 Å². The highest BCUT2D eigenvalue weighted by molar-refractivity contribution is 5.79. The molecule has 0 aliphatic heterocycles. The maximum atomic E-state index is 5.94. The van der Waals surface area contributed by atoms with Crippen LogP contribution in [-0.2, 0) is 6.54 Å². The van der Waals surface area contributed by atoms with Gasteiger partial charge in [0.05, 0.1) is 6.54 Å². The van der Waals surface area contributed by atoms with Crippen LogP contribution in [0, 0.1) is 0 Å². The fraction of sp³-hybridized carbons (Fsp3) is 0.647. The van der Waals surface area contributed by atoms with Crippen molar-refractivity contribution < 1.29 is 4.74 Å². The molecular formula is C17H28N4O. The Bertz CT molecular complexity index is 469. The normalized spacial score (nSPS) is 15.8. The van der Waals surface area contributed by atoms with Crippen molar-refractivity contribution in [1.29, 1.82) is 0 Å². The minimum Gasteiger partial charge on any atom is -0.474 e. The second-order valence-corrected chi connectivity index (χ2v) is 5.65. The monoisotopic (exact) mass is 304 g/mol. The molecule has 1 aliphatic rings. The smallest absolute Gasteiger partial charge is 0.213 e. The maximum Gasteiger partial charge on any atom is 0.213 e. The predicted octanol–water partition coefficient (Wildman–Crippen LogP) is 2.87. The molecule has 5 nitrogen and oxygen atoms in total. The van der Waals surface area contributed by atoms with E-state index in [2.05, 4.69) is 34.5 Å². The number of nitrogens with zero attached hydrogens (tertiary/aromatic N) is 2. The molecule has 0 spiro atoms. The summed E-state index contributed by atoms with van der Waals surface area (Å²) in [5.41, 5.74) is 1.12. The number of ether oxygens (including phenoxy) is 1. The van der Waals surface area contributed by atoms with Crippen molar-refractivity contribution in [2.45, 2.75) is 58.6 Å². The number of nitrogens with one attached hydrogen (secondary N) is 2. The van der Waals surface area contributed by atoms with Gasteiger partial charge in [0.25, 0.3) is 0 Å². The quantitative estimate of drug-likeness (QED) is 0.601. The average Bonchev–Trinajstić information content (AvgIpc) is 3.03. The molecule has 1 aliphatic carbocycles. The Morgan fingerprint density at radius 2 is 2.14 bits per heavy atom. The molecule has 1 aromatic rings. The third-order valence-electron chi connectivity index (χ3n) is 3.70. The standard InChI is InChI=1S/C17H28N4O/c1-3-10-20-17(18-4-2)21-13-14-9-11-19-16(12-14)22-15-7-5-6-8-15/h9,11-12,15H,3-8,10,13H2,1-2H3,(H2,18,20,21). The molecule has 1 aromatic heterocycles. The van der Waals surface area contributed by atoms with E-state index in [1.54, 1.807) is 0 Å². The van der Waals surface area contributed by atoms with Gasteiger partial charge in [0, 0.05) is 25.4 Å². The molecule has 2 rings (SSSR count). The number of hydrogen-bond acceptors (Lipinski definition) is 3. The van der Waals surface area contributed by atoms with Gasteiger partial charge in [0.2, 0.25) is 5.88 Å². The van der Waals surface area contributed by atoms with Crippen molar-refractivity contribution in [1.82, 2.24) is 15.6 Å². The van der Waals surface area contributed by atoms with Gasteiger partial charge in [-0.25, -0.2) is 9.98 Å². The number of pyridine rings is 1. The van der Waals surface area contributed by atoms with Crippen LogP contribution >= 0.6 is 0 Å². The van der Waals surface area contributed by atoms with E-state index >= 15 is 0 Å². The van der Waals surface area contributed by atoms with E-state index in [9.17, 15) is 0 Å². The van der Waals surface area contributed by atoms with Gasteiger partial charge in [-0.3, -0.25) is 0 Å². The summed E-state index contributed by atoms with van der Waals surface area (Å²) in [7, 11) is 0. The van der Waals surface area contributed by atoms with Crippen LogP contribution in [0.4, 0.5) is 0 Å². The van der Waals surface area contributed by atoms with Gasteiger partial charge < -0.3 is 15.4 Å². The molecule has 1 saturated carbocycles. The number of aromatic nitrogens is 1. The lowest BCUT2D eigenvalue weighted by molar-refractivity contribution is 0.201. The number of hydrogen-bond donors (Lipinski definition) is 2. The Labute approximate surface area is 133 Å². The summed E-state index contributed by atoms with van der Waals surface area (Å²) in [6.07, 6.45) is 8.06. The third kappa shape index (κ3) is 5.54. The van der Waals surface area contributed by atoms with Crippen molar-refractivity contribution in [3.05, 3.63) is 23.9 Å². The Balaban J connectivity index is 1.92. The Morgan fingerprint density at radius 3 is 2.86 bits per heavy atom. The average molecular weight is 304 g/mol. The maximum absolute atomic E-state index is 5.94. The first kappa shape index (κ1) is 16.6. The molecule has 22 heavy (non-hydrogen) atoms. The van der Waals surface area contributed by atoms with Crippen LogP contribution in [0.1, 0.15) is 51.5 Å². The largest absolute Gasteiger partial charge is 0.474 e. The van der Waals surface area contributed by atoms with Gasteiger partial charge in [-0.05, 0) is 50.7 Å². The van der Waals surface area contributed by atoms with Crippen LogP contribution in [0.2, 0.25) is 0 Å². The van der Waals surface area contributed by atoms with Crippen LogP contribution in [0.15, 0.2) is 23.3 Å². The molecule has 1 heterocycles. The molecule has 0 radical (unpaired) electrons. The summed E-state index contributed by atoms with van der Waals surface area (Å²) in [4.78, 5) is 8.92. The molecule has 0 aromatic carbocycles. The van der Waals surface area contributed by atoms with Crippen molar-refractivity contribution in [3.8, 4) is 5.88 Å². The second kappa shape index (κ2) is 9.28. The minimum absolute atomic E-state index is 0.342. The van der Waals surface area contributed by atoms with Crippen molar-refractivity contribution in [2.24, 2.45) is 4.99 Å². The Morgan fingerprint density at radius 1 is 1.32 bits per heavy atom. The summed E-state index contributed by atoms with van der Waals surface area (Å²) in [5, 5.41) is 6.56. The zero-order valence-electron chi connectivity index (χ0n) is 13.8. The zero-order chi connectivity index (χ0) is 15.6. The third-order valence-corrected chi connectivity index (χ3v) is 3.70. The highest BCUT2D eigenvalue weighted by atomic mass is 16.5. The van der Waals surface area contributed by atoms with Crippen molar-refractivity contribution in [2.75, 3.05) is 13.1 Å². The van der Waals surface area contributed by atoms with Gasteiger partial charge in [0.1, 0.15) is 6.10 Å². The van der Waals surface area contributed by atoms with E-state index in [1.807, 2.05) is 18.3 Å². The highest BCUT2D eigenvalue weighted by Gasteiger charge is 2.16. The van der Waals surface area contributed by atoms with Crippen molar-refractivity contribution >= 4 is 5.96 Å². The zero-order valence-corrected chi connectivity index (χ0v) is 13.8. The molecule has 122 valence electrons. The van der Waals surface area contributed by atoms with Crippen LogP contribution in [-0.4, -0.2) is 30.1 Å². The van der Waals surface area contributed by atoms with Gasteiger partial charge in [-0.1, -0.05) is 6.92 Å². The molecule has 0 unspecified atom stereocenters. The molecule has 0 amide bonds. The molecule has 0 bridgehead atoms. The van der Waals surface area contributed by atoms with Crippen LogP contribution in [0.5, 0.6) is 5.88 Å². The van der Waals surface area contributed by atoms with E-state index in [-0.39, 0.29) is 0 Å². The topological polar surface area (TPSA) is 58.5 Å². The molecule has 0 atom stereocenters. The first-order valence-corrected chi connectivity index (χ1v) is 8.45. The number of guanidine groups is 1. The van der Waals surface area contributed by atoms with Gasteiger partial charge in [0.15, 0.2) is 5.96 Å². The molecule has 2 N–H and O–H groups in total. The minimum atomic E-state index is 0.342. The van der Waals surface area contributed by atoms with E-state index in [4.69, 9.17) is 4.74 Å².